The smallest absolute Gasteiger partial charge is 0.475 e. The van der Waals surface area contributed by atoms with Crippen LogP contribution in [0.25, 0.3) is 0 Å². The Bertz CT molecular complexity index is 864. The van der Waals surface area contributed by atoms with E-state index in [0.29, 0.717) is 13.2 Å². The monoisotopic (exact) mass is 443 g/mol. The third-order valence-corrected chi connectivity index (χ3v) is 5.52. The van der Waals surface area contributed by atoms with E-state index in [1.54, 1.807) is 17.5 Å². The summed E-state index contributed by atoms with van der Waals surface area (Å²) in [7, 11) is 0. The van der Waals surface area contributed by atoms with E-state index in [2.05, 4.69) is 10.3 Å². The van der Waals surface area contributed by atoms with Gasteiger partial charge in [-0.1, -0.05) is 6.07 Å². The number of carbonyl (C=O) groups excluding carboxylic acids is 1. The summed E-state index contributed by atoms with van der Waals surface area (Å²) in [5.41, 5.74) is 0.589. The summed E-state index contributed by atoms with van der Waals surface area (Å²) in [5, 5.41) is 14.4. The molecule has 2 aliphatic rings. The summed E-state index contributed by atoms with van der Waals surface area (Å²) in [6.07, 6.45) is -1.48. The first-order valence-corrected chi connectivity index (χ1v) is 10.1. The highest BCUT2D eigenvalue weighted by atomic mass is 32.1. The number of amides is 1. The van der Waals surface area contributed by atoms with Gasteiger partial charge in [0.05, 0.1) is 30.4 Å². The molecule has 2 unspecified atom stereocenters. The number of hydrogen-bond donors (Lipinski definition) is 2. The molecule has 0 bridgehead atoms. The van der Waals surface area contributed by atoms with Gasteiger partial charge in [0, 0.05) is 24.5 Å². The number of thiophene rings is 1. The van der Waals surface area contributed by atoms with Gasteiger partial charge in [0.15, 0.2) is 0 Å². The number of rotatable bonds is 3. The molecule has 7 nitrogen and oxygen atoms in total. The first-order chi connectivity index (χ1) is 14.2. The SMILES string of the molecule is O=C(O)C(F)(F)F.O=C(c1ccsc1)N1CCC2(CC(Nc3ccccn3)CO2)C1. The number of halogens is 3. The highest BCUT2D eigenvalue weighted by Crippen LogP contribution is 2.36. The van der Waals surface area contributed by atoms with Gasteiger partial charge in [-0.05, 0) is 30.0 Å². The second-order valence-electron chi connectivity index (χ2n) is 7.05. The second-order valence-corrected chi connectivity index (χ2v) is 7.83. The predicted molar refractivity (Wildman–Crippen MR) is 103 cm³/mol. The van der Waals surface area contributed by atoms with Gasteiger partial charge in [0.25, 0.3) is 5.91 Å². The summed E-state index contributed by atoms with van der Waals surface area (Å²) in [5.74, 6) is -1.76. The van der Waals surface area contributed by atoms with Crippen LogP contribution in [-0.4, -0.2) is 64.4 Å². The van der Waals surface area contributed by atoms with E-state index < -0.39 is 12.1 Å². The van der Waals surface area contributed by atoms with Gasteiger partial charge in [-0.2, -0.15) is 24.5 Å². The molecule has 2 aliphatic heterocycles. The molecule has 2 fully saturated rings. The molecule has 4 heterocycles. The third kappa shape index (κ3) is 5.48. The summed E-state index contributed by atoms with van der Waals surface area (Å²) in [4.78, 5) is 27.6. The first-order valence-electron chi connectivity index (χ1n) is 9.12. The maximum atomic E-state index is 12.5. The normalized spacial score (nSPS) is 23.2. The van der Waals surface area contributed by atoms with E-state index in [1.165, 1.54) is 0 Å². The number of nitrogens with one attached hydrogen (secondary N) is 1. The van der Waals surface area contributed by atoms with Crippen LogP contribution < -0.4 is 5.32 Å². The number of carboxylic acid groups (broad SMARTS) is 1. The van der Waals surface area contributed by atoms with E-state index in [4.69, 9.17) is 14.6 Å². The van der Waals surface area contributed by atoms with E-state index in [0.717, 1.165) is 30.8 Å². The van der Waals surface area contributed by atoms with Gasteiger partial charge in [0.1, 0.15) is 5.82 Å². The Morgan fingerprint density at radius 1 is 1.33 bits per heavy atom. The number of carboxylic acids is 1. The Hall–Kier alpha value is -2.66. The first kappa shape index (κ1) is 22.0. The lowest BCUT2D eigenvalue weighted by Crippen LogP contribution is -2.36. The fraction of sp³-hybridized carbons (Fsp3) is 0.421. The van der Waals surface area contributed by atoms with Crippen LogP contribution in [-0.2, 0) is 9.53 Å². The lowest BCUT2D eigenvalue weighted by Gasteiger charge is -2.23. The minimum atomic E-state index is -5.08. The van der Waals surface area contributed by atoms with Crippen LogP contribution in [0.1, 0.15) is 23.2 Å². The van der Waals surface area contributed by atoms with Crippen molar-refractivity contribution >= 4 is 29.0 Å². The summed E-state index contributed by atoms with van der Waals surface area (Å²) >= 11 is 1.56. The molecule has 0 aliphatic carbocycles. The maximum absolute atomic E-state index is 12.5. The standard InChI is InChI=1S/C17H19N3O2S.C2HF3O2/c21-16(13-4-8-23-11-13)20-7-5-17(12-20)9-14(10-22-17)19-15-3-1-2-6-18-15;3-2(4,5)1(6)7/h1-4,6,8,11,14H,5,7,9-10,12H2,(H,18,19);(H,6,7). The summed E-state index contributed by atoms with van der Waals surface area (Å²) in [6, 6.07) is 7.98. The average molecular weight is 443 g/mol. The Balaban J connectivity index is 0.000000318. The van der Waals surface area contributed by atoms with Crippen molar-refractivity contribution in [2.45, 2.75) is 30.7 Å². The largest absolute Gasteiger partial charge is 0.490 e. The molecule has 4 rings (SSSR count). The third-order valence-electron chi connectivity index (χ3n) is 4.84. The number of alkyl halides is 3. The maximum Gasteiger partial charge on any atom is 0.490 e. The van der Waals surface area contributed by atoms with Crippen molar-refractivity contribution in [3.63, 3.8) is 0 Å². The molecule has 0 aromatic carbocycles. The Morgan fingerprint density at radius 3 is 2.70 bits per heavy atom. The molecule has 2 N–H and O–H groups in total. The Morgan fingerprint density at radius 2 is 2.10 bits per heavy atom. The molecular weight excluding hydrogens is 423 g/mol. The molecule has 2 saturated heterocycles. The van der Waals surface area contributed by atoms with Crippen LogP contribution in [0.3, 0.4) is 0 Å². The van der Waals surface area contributed by atoms with E-state index >= 15 is 0 Å². The zero-order valence-corrected chi connectivity index (χ0v) is 16.6. The number of anilines is 1. The number of aliphatic carboxylic acids is 1. The molecule has 1 amide bonds. The number of likely N-dealkylation sites (tertiary alicyclic amines) is 1. The number of ether oxygens (including phenoxy) is 1. The molecule has 2 aromatic rings. The van der Waals surface area contributed by atoms with Crippen LogP contribution in [0, 0.1) is 0 Å². The van der Waals surface area contributed by atoms with Crippen LogP contribution in [0.5, 0.6) is 0 Å². The number of pyridine rings is 1. The lowest BCUT2D eigenvalue weighted by atomic mass is 9.97. The molecule has 0 saturated carbocycles. The zero-order valence-electron chi connectivity index (χ0n) is 15.8. The van der Waals surface area contributed by atoms with Crippen molar-refractivity contribution < 1.29 is 32.6 Å². The molecule has 162 valence electrons. The lowest BCUT2D eigenvalue weighted by molar-refractivity contribution is -0.192. The van der Waals surface area contributed by atoms with Crippen molar-refractivity contribution in [3.05, 3.63) is 46.8 Å². The molecule has 11 heteroatoms. The van der Waals surface area contributed by atoms with Crippen LogP contribution in [0.2, 0.25) is 0 Å². The highest BCUT2D eigenvalue weighted by molar-refractivity contribution is 7.08. The van der Waals surface area contributed by atoms with Gasteiger partial charge in [-0.3, -0.25) is 4.79 Å². The highest BCUT2D eigenvalue weighted by Gasteiger charge is 2.47. The van der Waals surface area contributed by atoms with Crippen molar-refractivity contribution in [2.75, 3.05) is 25.0 Å². The summed E-state index contributed by atoms with van der Waals surface area (Å²) < 4.78 is 37.8. The molecule has 0 radical (unpaired) electrons. The van der Waals surface area contributed by atoms with Crippen LogP contribution in [0.4, 0.5) is 19.0 Å². The molecule has 2 atom stereocenters. The number of aromatic nitrogens is 1. The molecule has 1 spiro atoms. The zero-order chi connectivity index (χ0) is 21.8. The Kier molecular flexibility index (Phi) is 6.61. The van der Waals surface area contributed by atoms with Gasteiger partial charge >= 0.3 is 12.1 Å². The minimum absolute atomic E-state index is 0.118. The van der Waals surface area contributed by atoms with Crippen molar-refractivity contribution in [2.24, 2.45) is 0 Å². The fourth-order valence-electron chi connectivity index (χ4n) is 3.47. The van der Waals surface area contributed by atoms with Gasteiger partial charge < -0.3 is 20.1 Å². The van der Waals surface area contributed by atoms with Gasteiger partial charge in [-0.15, -0.1) is 0 Å². The molecular formula is C19H20F3N3O4S. The Labute approximate surface area is 174 Å². The number of hydrogen-bond acceptors (Lipinski definition) is 6. The van der Waals surface area contributed by atoms with Crippen LogP contribution in [0.15, 0.2) is 41.2 Å². The summed E-state index contributed by atoms with van der Waals surface area (Å²) in [6.45, 7) is 2.12. The van der Waals surface area contributed by atoms with E-state index in [-0.39, 0.29) is 17.6 Å². The van der Waals surface area contributed by atoms with Crippen molar-refractivity contribution in [1.29, 1.82) is 0 Å². The van der Waals surface area contributed by atoms with E-state index in [9.17, 15) is 18.0 Å². The predicted octanol–water partition coefficient (Wildman–Crippen LogP) is 3.26. The second kappa shape index (κ2) is 9.00. The van der Waals surface area contributed by atoms with Gasteiger partial charge in [-0.25, -0.2) is 9.78 Å². The molecule has 2 aromatic heterocycles. The van der Waals surface area contributed by atoms with Crippen molar-refractivity contribution in [3.8, 4) is 0 Å². The topological polar surface area (TPSA) is 91.8 Å². The minimum Gasteiger partial charge on any atom is -0.475 e. The average Bonchev–Trinajstić information content (AvgIpc) is 3.45. The number of carbonyl (C=O) groups is 2. The molecule has 30 heavy (non-hydrogen) atoms. The van der Waals surface area contributed by atoms with Crippen molar-refractivity contribution in [1.82, 2.24) is 9.88 Å². The number of nitrogens with zero attached hydrogens (tertiary/aromatic N) is 2. The van der Waals surface area contributed by atoms with Gasteiger partial charge in [0.2, 0.25) is 0 Å². The fourth-order valence-corrected chi connectivity index (χ4v) is 4.10. The van der Waals surface area contributed by atoms with Crippen LogP contribution >= 0.6 is 11.3 Å². The van der Waals surface area contributed by atoms with E-state index in [1.807, 2.05) is 39.9 Å². The quantitative estimate of drug-likeness (QED) is 0.757.